The summed E-state index contributed by atoms with van der Waals surface area (Å²) in [4.78, 5) is 31.8. The van der Waals surface area contributed by atoms with Gasteiger partial charge in [0.2, 0.25) is 0 Å². The molecule has 3 aromatic heterocycles. The van der Waals surface area contributed by atoms with Crippen LogP contribution in [0.1, 0.15) is 31.4 Å². The summed E-state index contributed by atoms with van der Waals surface area (Å²) in [5.74, 6) is -6.78. The van der Waals surface area contributed by atoms with Crippen LogP contribution in [0.2, 0.25) is 0 Å². The average Bonchev–Trinajstić information content (AvgIpc) is 2.86. The average molecular weight is 588 g/mol. The predicted molar refractivity (Wildman–Crippen MR) is 131 cm³/mol. The smallest absolute Gasteiger partial charge is 0.381 e. The lowest BCUT2D eigenvalue weighted by atomic mass is 10.1. The molecule has 4 rings (SSSR count). The summed E-state index contributed by atoms with van der Waals surface area (Å²) in [5, 5.41) is 6.55. The highest BCUT2D eigenvalue weighted by Gasteiger charge is 2.37. The number of benzene rings is 1. The molecule has 0 amide bonds. The summed E-state index contributed by atoms with van der Waals surface area (Å²) >= 11 is 0. The Bertz CT molecular complexity index is 1700. The molecule has 2 atom stereocenters. The molecule has 0 aliphatic carbocycles. The number of halogens is 8. The molecule has 4 aromatic rings. The second kappa shape index (κ2) is 10.9. The third kappa shape index (κ3) is 6.20. The van der Waals surface area contributed by atoms with E-state index in [1.165, 1.54) is 13.0 Å². The zero-order valence-corrected chi connectivity index (χ0v) is 21.2. The van der Waals surface area contributed by atoms with Crippen LogP contribution in [0, 0.1) is 11.6 Å². The molecule has 0 spiro atoms. The number of aromatic nitrogens is 5. The maximum absolute atomic E-state index is 15.0. The second-order valence-corrected chi connectivity index (χ2v) is 9.34. The molecule has 1 aromatic carbocycles. The van der Waals surface area contributed by atoms with Crippen molar-refractivity contribution in [2.75, 3.05) is 5.32 Å². The van der Waals surface area contributed by atoms with Crippen LogP contribution < -0.4 is 16.4 Å². The Kier molecular flexibility index (Phi) is 7.87. The Morgan fingerprint density at radius 1 is 1.05 bits per heavy atom. The van der Waals surface area contributed by atoms with Gasteiger partial charge in [-0.1, -0.05) is 0 Å². The van der Waals surface area contributed by atoms with Crippen LogP contribution in [-0.2, 0) is 18.6 Å². The van der Waals surface area contributed by atoms with Crippen molar-refractivity contribution in [1.29, 1.82) is 0 Å². The molecule has 0 aliphatic heterocycles. The van der Waals surface area contributed by atoms with Gasteiger partial charge in [-0.05, 0) is 24.4 Å². The van der Waals surface area contributed by atoms with E-state index < -0.39 is 93.6 Å². The molecule has 3 heterocycles. The van der Waals surface area contributed by atoms with Gasteiger partial charge < -0.3 is 9.88 Å². The molecular formula is C25H20F8N6O2. The highest BCUT2D eigenvalue weighted by molar-refractivity contribution is 5.86. The lowest BCUT2D eigenvalue weighted by molar-refractivity contribution is -0.138. The molecule has 8 nitrogen and oxygen atoms in total. The summed E-state index contributed by atoms with van der Waals surface area (Å²) in [5.41, 5.74) is -5.83. The minimum Gasteiger partial charge on any atom is -0.381 e. The Morgan fingerprint density at radius 3 is 2.32 bits per heavy atom. The van der Waals surface area contributed by atoms with Crippen LogP contribution in [0.5, 0.6) is 0 Å². The van der Waals surface area contributed by atoms with Crippen LogP contribution in [0.15, 0.2) is 46.5 Å². The van der Waals surface area contributed by atoms with Crippen molar-refractivity contribution in [2.24, 2.45) is 0 Å². The van der Waals surface area contributed by atoms with Crippen LogP contribution in [-0.4, -0.2) is 36.9 Å². The van der Waals surface area contributed by atoms with Crippen molar-refractivity contribution >= 4 is 16.5 Å². The molecule has 0 aliphatic rings. The van der Waals surface area contributed by atoms with E-state index in [-0.39, 0.29) is 5.39 Å². The zero-order chi connectivity index (χ0) is 30.3. The first kappa shape index (κ1) is 29.6. The van der Waals surface area contributed by atoms with Crippen LogP contribution in [0.4, 0.5) is 40.8 Å². The number of alkyl halides is 6. The SMILES string of the molecule is C[C@@H](C[C@@H](F)Cn1ccc2cc(-c3ncc(C(C)(F)F)cn3)c(F)c(F)c2c1=O)Nc1cn[nH]c(=O)c1C(F)(F)F. The zero-order valence-electron chi connectivity index (χ0n) is 21.2. The summed E-state index contributed by atoms with van der Waals surface area (Å²) in [6.45, 7) is 1.29. The van der Waals surface area contributed by atoms with Crippen molar-refractivity contribution in [2.45, 2.75) is 51.1 Å². The van der Waals surface area contributed by atoms with E-state index in [0.717, 1.165) is 35.4 Å². The highest BCUT2D eigenvalue weighted by Crippen LogP contribution is 2.32. The van der Waals surface area contributed by atoms with Gasteiger partial charge >= 0.3 is 6.18 Å². The van der Waals surface area contributed by atoms with Crippen LogP contribution >= 0.6 is 0 Å². The number of H-pyrrole nitrogens is 1. The number of fused-ring (bicyclic) bond motifs is 1. The molecule has 0 saturated heterocycles. The Morgan fingerprint density at radius 2 is 1.71 bits per heavy atom. The van der Waals surface area contributed by atoms with Crippen molar-refractivity contribution in [3.05, 3.63) is 80.4 Å². The normalized spacial score (nSPS) is 13.8. The summed E-state index contributed by atoms with van der Waals surface area (Å²) in [7, 11) is 0. The number of hydrogen-bond donors (Lipinski definition) is 2. The van der Waals surface area contributed by atoms with Gasteiger partial charge in [-0.3, -0.25) is 9.59 Å². The molecule has 0 saturated carbocycles. The van der Waals surface area contributed by atoms with Gasteiger partial charge in [-0.2, -0.15) is 18.3 Å². The fraction of sp³-hybridized carbons (Fsp3) is 0.320. The summed E-state index contributed by atoms with van der Waals surface area (Å²) < 4.78 is 112. The van der Waals surface area contributed by atoms with E-state index in [4.69, 9.17) is 0 Å². The van der Waals surface area contributed by atoms with Gasteiger partial charge in [0.15, 0.2) is 17.5 Å². The molecule has 16 heteroatoms. The van der Waals surface area contributed by atoms with E-state index in [1.54, 1.807) is 5.10 Å². The molecule has 0 radical (unpaired) electrons. The molecule has 0 fully saturated rings. The first-order valence-electron chi connectivity index (χ1n) is 11.8. The van der Waals surface area contributed by atoms with Gasteiger partial charge in [-0.15, -0.1) is 0 Å². The first-order valence-corrected chi connectivity index (χ1v) is 11.8. The van der Waals surface area contributed by atoms with E-state index in [2.05, 4.69) is 20.4 Å². The van der Waals surface area contributed by atoms with E-state index in [0.29, 0.717) is 6.92 Å². The van der Waals surface area contributed by atoms with Gasteiger partial charge in [-0.25, -0.2) is 37.0 Å². The number of nitrogens with one attached hydrogen (secondary N) is 2. The Balaban J connectivity index is 1.56. The predicted octanol–water partition coefficient (Wildman–Crippen LogP) is 5.18. The van der Waals surface area contributed by atoms with Gasteiger partial charge in [0.05, 0.1) is 34.9 Å². The number of nitrogens with zero attached hydrogens (tertiary/aromatic N) is 4. The largest absolute Gasteiger partial charge is 0.423 e. The number of hydrogen-bond acceptors (Lipinski definition) is 6. The lowest BCUT2D eigenvalue weighted by Gasteiger charge is -2.20. The van der Waals surface area contributed by atoms with E-state index in [9.17, 15) is 40.3 Å². The van der Waals surface area contributed by atoms with Gasteiger partial charge in [0, 0.05) is 38.0 Å². The monoisotopic (exact) mass is 588 g/mol. The summed E-state index contributed by atoms with van der Waals surface area (Å²) in [6.07, 6.45) is -3.93. The Labute approximate surface area is 225 Å². The number of rotatable bonds is 8. The standard InChI is InChI=1S/C25H20F8N6O2/c1-11(37-16-9-36-38-22(40)18(16)25(31,32)33)5-14(26)10-39-4-3-12-6-15(19(27)20(28)17(12)23(39)41)21-34-7-13(8-35-21)24(2,29)30/h3-4,6-9,11,14H,5,10H2,1-2H3,(H2,37,38,40)/t11-,14+/m0/s1. The fourth-order valence-corrected chi connectivity index (χ4v) is 4.16. The van der Waals surface area contributed by atoms with E-state index >= 15 is 4.39 Å². The van der Waals surface area contributed by atoms with Crippen molar-refractivity contribution in [3.63, 3.8) is 0 Å². The third-order valence-electron chi connectivity index (χ3n) is 6.09. The maximum Gasteiger partial charge on any atom is 0.423 e. The molecule has 2 N–H and O–H groups in total. The molecular weight excluding hydrogens is 568 g/mol. The molecule has 41 heavy (non-hydrogen) atoms. The quantitative estimate of drug-likeness (QED) is 0.275. The maximum atomic E-state index is 15.0. The van der Waals surface area contributed by atoms with Crippen LogP contribution in [0.3, 0.4) is 0 Å². The minimum absolute atomic E-state index is 0.0967. The van der Waals surface area contributed by atoms with Gasteiger partial charge in [0.1, 0.15) is 11.7 Å². The fourth-order valence-electron chi connectivity index (χ4n) is 4.16. The minimum atomic E-state index is -5.01. The topological polar surface area (TPSA) is 106 Å². The van der Waals surface area contributed by atoms with Gasteiger partial charge in [0.25, 0.3) is 17.0 Å². The van der Waals surface area contributed by atoms with E-state index in [1.807, 2.05) is 0 Å². The first-order chi connectivity index (χ1) is 19.1. The molecule has 0 bridgehead atoms. The molecule has 0 unspecified atom stereocenters. The summed E-state index contributed by atoms with van der Waals surface area (Å²) in [6, 6.07) is 1.27. The van der Waals surface area contributed by atoms with Crippen LogP contribution in [0.25, 0.3) is 22.2 Å². The van der Waals surface area contributed by atoms with Crippen molar-refractivity contribution in [1.82, 2.24) is 24.7 Å². The number of aromatic amines is 1. The van der Waals surface area contributed by atoms with Crippen molar-refractivity contribution < 1.29 is 35.1 Å². The number of anilines is 1. The molecule has 218 valence electrons. The van der Waals surface area contributed by atoms with Crippen molar-refractivity contribution in [3.8, 4) is 11.4 Å². The second-order valence-electron chi connectivity index (χ2n) is 9.34. The Hall–Kier alpha value is -4.37. The lowest BCUT2D eigenvalue weighted by Crippen LogP contribution is -2.30. The highest BCUT2D eigenvalue weighted by atomic mass is 19.4. The number of pyridine rings is 1. The third-order valence-corrected chi connectivity index (χ3v) is 6.09.